The third-order valence-electron chi connectivity index (χ3n) is 5.30. The van der Waals surface area contributed by atoms with Crippen molar-refractivity contribution in [3.63, 3.8) is 0 Å². The third-order valence-corrected chi connectivity index (χ3v) is 5.30. The topological polar surface area (TPSA) is 52.7 Å². The lowest BCUT2D eigenvalue weighted by Gasteiger charge is -2.29. The number of hydrogen-bond acceptors (Lipinski definition) is 3. The van der Waals surface area contributed by atoms with E-state index in [1.807, 2.05) is 29.2 Å². The van der Waals surface area contributed by atoms with Crippen molar-refractivity contribution in [2.45, 2.75) is 38.5 Å². The molecular weight excluding hydrogens is 314 g/mol. The third kappa shape index (κ3) is 4.60. The molecule has 1 atom stereocenters. The first-order valence-electron chi connectivity index (χ1n) is 9.53. The van der Waals surface area contributed by atoms with Crippen molar-refractivity contribution in [3.05, 3.63) is 29.8 Å². The number of piperidine rings is 1. The normalized spacial score (nSPS) is 22.3. The Morgan fingerprint density at radius 1 is 1.00 bits per heavy atom. The molecule has 0 unspecified atom stereocenters. The zero-order valence-corrected chi connectivity index (χ0v) is 15.2. The Morgan fingerprint density at radius 2 is 1.72 bits per heavy atom. The number of anilines is 1. The molecule has 0 saturated carbocycles. The highest BCUT2D eigenvalue weighted by Gasteiger charge is 2.26. The molecule has 25 heavy (non-hydrogen) atoms. The van der Waals surface area contributed by atoms with Crippen LogP contribution < -0.4 is 5.32 Å². The zero-order chi connectivity index (χ0) is 17.6. The number of carbonyl (C=O) groups excluding carboxylic acids is 2. The summed E-state index contributed by atoms with van der Waals surface area (Å²) in [5.74, 6) is 0.0707. The highest BCUT2D eigenvalue weighted by Crippen LogP contribution is 2.22. The summed E-state index contributed by atoms with van der Waals surface area (Å²) in [5, 5.41) is 3.02. The van der Waals surface area contributed by atoms with E-state index in [1.165, 1.54) is 12.8 Å². The van der Waals surface area contributed by atoms with E-state index in [9.17, 15) is 9.59 Å². The van der Waals surface area contributed by atoms with Gasteiger partial charge in [-0.25, -0.2) is 0 Å². The van der Waals surface area contributed by atoms with E-state index in [2.05, 4.69) is 17.3 Å². The molecule has 1 N–H and O–H groups in total. The number of rotatable bonds is 3. The number of nitrogens with zero attached hydrogens (tertiary/aromatic N) is 2. The summed E-state index contributed by atoms with van der Waals surface area (Å²) in [7, 11) is 2.05. The summed E-state index contributed by atoms with van der Waals surface area (Å²) in [6.45, 7) is 3.46. The Labute approximate surface area is 150 Å². The van der Waals surface area contributed by atoms with E-state index < -0.39 is 0 Å². The van der Waals surface area contributed by atoms with Crippen molar-refractivity contribution in [2.75, 3.05) is 38.5 Å². The number of nitrogens with one attached hydrogen (secondary N) is 1. The van der Waals surface area contributed by atoms with E-state index in [0.29, 0.717) is 11.3 Å². The summed E-state index contributed by atoms with van der Waals surface area (Å²) in [6, 6.07) is 7.42. The van der Waals surface area contributed by atoms with Gasteiger partial charge in [-0.3, -0.25) is 9.59 Å². The van der Waals surface area contributed by atoms with Crippen molar-refractivity contribution in [1.82, 2.24) is 9.80 Å². The molecule has 136 valence electrons. The van der Waals surface area contributed by atoms with Gasteiger partial charge in [0.1, 0.15) is 0 Å². The number of para-hydroxylation sites is 1. The number of hydrogen-bond donors (Lipinski definition) is 1. The molecule has 0 aromatic heterocycles. The first-order chi connectivity index (χ1) is 12.1. The van der Waals surface area contributed by atoms with Gasteiger partial charge < -0.3 is 15.1 Å². The minimum atomic E-state index is 0.0000878. The van der Waals surface area contributed by atoms with Crippen LogP contribution in [0.15, 0.2) is 24.3 Å². The monoisotopic (exact) mass is 343 g/mol. The molecule has 0 spiro atoms. The largest absolute Gasteiger partial charge is 0.339 e. The molecule has 1 aromatic carbocycles. The molecule has 5 nitrogen and oxygen atoms in total. The van der Waals surface area contributed by atoms with E-state index in [1.54, 1.807) is 0 Å². The molecule has 1 aromatic rings. The Kier molecular flexibility index (Phi) is 6.08. The lowest BCUT2D eigenvalue weighted by atomic mass is 9.97. The van der Waals surface area contributed by atoms with Gasteiger partial charge in [0.15, 0.2) is 0 Å². The number of carbonyl (C=O) groups is 2. The van der Waals surface area contributed by atoms with Crippen molar-refractivity contribution in [2.24, 2.45) is 5.92 Å². The highest BCUT2D eigenvalue weighted by molar-refractivity contribution is 6.04. The molecule has 2 amide bonds. The molecular formula is C20H29N3O2. The predicted octanol–water partition coefficient (Wildman–Crippen LogP) is 2.98. The Balaban J connectivity index is 1.71. The van der Waals surface area contributed by atoms with Crippen LogP contribution in [-0.2, 0) is 4.79 Å². The van der Waals surface area contributed by atoms with Gasteiger partial charge in [-0.05, 0) is 51.4 Å². The SMILES string of the molecule is CN1CCC[C@@H](C(=O)Nc2ccccc2C(=O)N2CCCCCC2)C1. The Hall–Kier alpha value is -1.88. The van der Waals surface area contributed by atoms with Gasteiger partial charge in [0.25, 0.3) is 5.91 Å². The lowest BCUT2D eigenvalue weighted by molar-refractivity contribution is -0.121. The molecule has 2 fully saturated rings. The maximum atomic E-state index is 12.9. The van der Waals surface area contributed by atoms with E-state index in [4.69, 9.17) is 0 Å². The van der Waals surface area contributed by atoms with Crippen LogP contribution in [0.25, 0.3) is 0 Å². The molecule has 0 bridgehead atoms. The van der Waals surface area contributed by atoms with Crippen LogP contribution in [0.4, 0.5) is 5.69 Å². The number of amides is 2. The highest BCUT2D eigenvalue weighted by atomic mass is 16.2. The average molecular weight is 343 g/mol. The quantitative estimate of drug-likeness (QED) is 0.918. The zero-order valence-electron chi connectivity index (χ0n) is 15.2. The Morgan fingerprint density at radius 3 is 2.44 bits per heavy atom. The van der Waals surface area contributed by atoms with Crippen molar-refractivity contribution < 1.29 is 9.59 Å². The van der Waals surface area contributed by atoms with Crippen LogP contribution in [0.2, 0.25) is 0 Å². The van der Waals surface area contributed by atoms with Gasteiger partial charge >= 0.3 is 0 Å². The molecule has 2 aliphatic rings. The standard InChI is InChI=1S/C20H29N3O2/c1-22-12-8-9-16(15-22)19(24)21-18-11-5-4-10-17(18)20(25)23-13-6-2-3-7-14-23/h4-5,10-11,16H,2-3,6-9,12-15H2,1H3,(H,21,24)/t16-/m1/s1. The number of benzene rings is 1. The maximum absolute atomic E-state index is 12.9. The average Bonchev–Trinajstić information content (AvgIpc) is 2.91. The summed E-state index contributed by atoms with van der Waals surface area (Å²) < 4.78 is 0. The van der Waals surface area contributed by atoms with Crippen molar-refractivity contribution in [1.29, 1.82) is 0 Å². The molecule has 0 aliphatic carbocycles. The number of likely N-dealkylation sites (tertiary alicyclic amines) is 2. The fourth-order valence-corrected chi connectivity index (χ4v) is 3.84. The second kappa shape index (κ2) is 8.48. The van der Waals surface area contributed by atoms with E-state index in [0.717, 1.165) is 51.9 Å². The maximum Gasteiger partial charge on any atom is 0.255 e. The van der Waals surface area contributed by atoms with Crippen LogP contribution in [-0.4, -0.2) is 54.8 Å². The molecule has 2 heterocycles. The summed E-state index contributed by atoms with van der Waals surface area (Å²) in [5.41, 5.74) is 1.26. The lowest BCUT2D eigenvalue weighted by Crippen LogP contribution is -2.39. The van der Waals surface area contributed by atoms with Crippen molar-refractivity contribution >= 4 is 17.5 Å². The van der Waals surface area contributed by atoms with Gasteiger partial charge in [0.2, 0.25) is 5.91 Å². The van der Waals surface area contributed by atoms with Crippen molar-refractivity contribution in [3.8, 4) is 0 Å². The first kappa shape index (κ1) is 17.9. The van der Waals surface area contributed by atoms with Crippen LogP contribution in [0.3, 0.4) is 0 Å². The first-order valence-corrected chi connectivity index (χ1v) is 9.53. The van der Waals surface area contributed by atoms with Gasteiger partial charge in [0.05, 0.1) is 17.2 Å². The molecule has 0 radical (unpaired) electrons. The van der Waals surface area contributed by atoms with E-state index >= 15 is 0 Å². The molecule has 2 saturated heterocycles. The minimum Gasteiger partial charge on any atom is -0.339 e. The van der Waals surface area contributed by atoms with Gasteiger partial charge in [0, 0.05) is 19.6 Å². The van der Waals surface area contributed by atoms with Crippen LogP contribution >= 0.6 is 0 Å². The fraction of sp³-hybridized carbons (Fsp3) is 0.600. The molecule has 5 heteroatoms. The van der Waals surface area contributed by atoms with Gasteiger partial charge in [-0.2, -0.15) is 0 Å². The van der Waals surface area contributed by atoms with Crippen LogP contribution in [0, 0.1) is 5.92 Å². The van der Waals surface area contributed by atoms with Crippen LogP contribution in [0.1, 0.15) is 48.9 Å². The molecule has 3 rings (SSSR count). The molecule has 2 aliphatic heterocycles. The predicted molar refractivity (Wildman–Crippen MR) is 99.7 cm³/mol. The second-order valence-corrected chi connectivity index (χ2v) is 7.34. The van der Waals surface area contributed by atoms with Gasteiger partial charge in [-0.1, -0.05) is 25.0 Å². The van der Waals surface area contributed by atoms with Crippen LogP contribution in [0.5, 0.6) is 0 Å². The summed E-state index contributed by atoms with van der Waals surface area (Å²) in [6.07, 6.45) is 6.47. The summed E-state index contributed by atoms with van der Waals surface area (Å²) in [4.78, 5) is 29.7. The van der Waals surface area contributed by atoms with E-state index in [-0.39, 0.29) is 17.7 Å². The second-order valence-electron chi connectivity index (χ2n) is 7.34. The summed E-state index contributed by atoms with van der Waals surface area (Å²) >= 11 is 0. The Bertz CT molecular complexity index is 609. The fourth-order valence-electron chi connectivity index (χ4n) is 3.84. The smallest absolute Gasteiger partial charge is 0.255 e. The minimum absolute atomic E-state index is 0.0000878. The van der Waals surface area contributed by atoms with Gasteiger partial charge in [-0.15, -0.1) is 0 Å².